The summed E-state index contributed by atoms with van der Waals surface area (Å²) in [6.07, 6.45) is 0.558. The third-order valence-electron chi connectivity index (χ3n) is 3.11. The number of urea groups is 1. The van der Waals surface area contributed by atoms with Crippen LogP contribution >= 0.6 is 0 Å². The minimum absolute atomic E-state index is 0.0356. The third kappa shape index (κ3) is 4.15. The zero-order valence-corrected chi connectivity index (χ0v) is 12.2. The molecular formula is C12H19N5O4. The van der Waals surface area contributed by atoms with Crippen LogP contribution < -0.4 is 5.32 Å². The van der Waals surface area contributed by atoms with Crippen LogP contribution in [0.5, 0.6) is 0 Å². The number of nitrogens with zero attached hydrogens (tertiary/aromatic N) is 4. The fourth-order valence-electron chi connectivity index (χ4n) is 1.91. The molecule has 1 N–H and O–H groups in total. The molecule has 0 unspecified atom stereocenters. The number of hydrogen-bond donors (Lipinski definition) is 1. The first-order valence-corrected chi connectivity index (χ1v) is 6.67. The van der Waals surface area contributed by atoms with E-state index in [1.165, 1.54) is 4.90 Å². The Hall–Kier alpha value is -2.16. The lowest BCUT2D eigenvalue weighted by molar-refractivity contribution is -0.121. The van der Waals surface area contributed by atoms with Crippen LogP contribution in [0.4, 0.5) is 4.79 Å². The van der Waals surface area contributed by atoms with Crippen molar-refractivity contribution in [3.05, 3.63) is 11.7 Å². The average Bonchev–Trinajstić information content (AvgIpc) is 3.05. The van der Waals surface area contributed by atoms with Gasteiger partial charge in [-0.25, -0.2) is 4.79 Å². The molecule has 3 amide bonds. The van der Waals surface area contributed by atoms with E-state index >= 15 is 0 Å². The fourth-order valence-corrected chi connectivity index (χ4v) is 1.91. The predicted molar refractivity (Wildman–Crippen MR) is 71.3 cm³/mol. The molecule has 0 atom stereocenters. The number of likely N-dealkylation sites (N-methyl/N-ethyl adjacent to an activating group) is 1. The highest BCUT2D eigenvalue weighted by molar-refractivity contribution is 5.84. The van der Waals surface area contributed by atoms with Gasteiger partial charge < -0.3 is 24.4 Å². The van der Waals surface area contributed by atoms with Crippen molar-refractivity contribution in [2.45, 2.75) is 13.0 Å². The second kappa shape index (κ2) is 7.02. The van der Waals surface area contributed by atoms with E-state index in [0.29, 0.717) is 37.8 Å². The SMILES string of the molecule is COCCc1noc(CNC(=O)CN2CCN(C)C2=O)n1. The monoisotopic (exact) mass is 297 g/mol. The van der Waals surface area contributed by atoms with Crippen LogP contribution in [0, 0.1) is 0 Å². The quantitative estimate of drug-likeness (QED) is 0.710. The molecule has 0 bridgehead atoms. The molecule has 0 aromatic carbocycles. The van der Waals surface area contributed by atoms with Crippen LogP contribution in [0.3, 0.4) is 0 Å². The van der Waals surface area contributed by atoms with Crippen molar-refractivity contribution in [2.75, 3.05) is 40.4 Å². The summed E-state index contributed by atoms with van der Waals surface area (Å²) in [6, 6.07) is -0.134. The Morgan fingerprint density at radius 3 is 2.95 bits per heavy atom. The van der Waals surface area contributed by atoms with Gasteiger partial charge in [0.25, 0.3) is 0 Å². The van der Waals surface area contributed by atoms with Gasteiger partial charge in [0.05, 0.1) is 13.2 Å². The topological polar surface area (TPSA) is 101 Å². The molecule has 21 heavy (non-hydrogen) atoms. The first kappa shape index (κ1) is 15.2. The van der Waals surface area contributed by atoms with Gasteiger partial charge in [0.2, 0.25) is 11.8 Å². The zero-order valence-electron chi connectivity index (χ0n) is 12.2. The van der Waals surface area contributed by atoms with Gasteiger partial charge in [-0.1, -0.05) is 5.16 Å². The van der Waals surface area contributed by atoms with E-state index in [1.807, 2.05) is 0 Å². The van der Waals surface area contributed by atoms with Gasteiger partial charge in [0, 0.05) is 33.7 Å². The van der Waals surface area contributed by atoms with E-state index in [-0.39, 0.29) is 25.0 Å². The second-order valence-electron chi connectivity index (χ2n) is 4.75. The number of nitrogens with one attached hydrogen (secondary N) is 1. The average molecular weight is 297 g/mol. The van der Waals surface area contributed by atoms with Gasteiger partial charge in [-0.15, -0.1) is 0 Å². The molecule has 1 saturated heterocycles. The molecule has 2 heterocycles. The second-order valence-corrected chi connectivity index (χ2v) is 4.75. The van der Waals surface area contributed by atoms with Gasteiger partial charge >= 0.3 is 6.03 Å². The summed E-state index contributed by atoms with van der Waals surface area (Å²) in [7, 11) is 3.30. The molecule has 9 heteroatoms. The maximum absolute atomic E-state index is 11.8. The molecule has 2 rings (SSSR count). The number of aromatic nitrogens is 2. The molecule has 1 fully saturated rings. The molecule has 0 spiro atoms. The minimum atomic E-state index is -0.254. The van der Waals surface area contributed by atoms with Crippen LogP contribution in [-0.4, -0.2) is 72.3 Å². The lowest BCUT2D eigenvalue weighted by Crippen LogP contribution is -2.39. The molecule has 1 aromatic heterocycles. The predicted octanol–water partition coefficient (Wildman–Crippen LogP) is -0.758. The Morgan fingerprint density at radius 2 is 2.29 bits per heavy atom. The molecular weight excluding hydrogens is 278 g/mol. The van der Waals surface area contributed by atoms with Crippen LogP contribution in [0.1, 0.15) is 11.7 Å². The Labute approximate surface area is 122 Å². The molecule has 9 nitrogen and oxygen atoms in total. The Balaban J connectivity index is 1.73. The number of ether oxygens (including phenoxy) is 1. The molecule has 0 saturated carbocycles. The van der Waals surface area contributed by atoms with E-state index in [4.69, 9.17) is 9.26 Å². The number of rotatable bonds is 7. The largest absolute Gasteiger partial charge is 0.384 e. The lowest BCUT2D eigenvalue weighted by Gasteiger charge is -2.14. The van der Waals surface area contributed by atoms with Crippen molar-refractivity contribution >= 4 is 11.9 Å². The van der Waals surface area contributed by atoms with Crippen molar-refractivity contribution < 1.29 is 18.8 Å². The highest BCUT2D eigenvalue weighted by Crippen LogP contribution is 2.05. The normalized spacial score (nSPS) is 14.9. The van der Waals surface area contributed by atoms with Crippen LogP contribution in [0.2, 0.25) is 0 Å². The summed E-state index contributed by atoms with van der Waals surface area (Å²) in [5.41, 5.74) is 0. The van der Waals surface area contributed by atoms with E-state index in [2.05, 4.69) is 15.5 Å². The molecule has 0 radical (unpaired) electrons. The van der Waals surface area contributed by atoms with Gasteiger partial charge in [-0.2, -0.15) is 4.98 Å². The van der Waals surface area contributed by atoms with E-state index in [0.717, 1.165) is 0 Å². The Bertz CT molecular complexity index is 504. The number of methoxy groups -OCH3 is 1. The number of carbonyl (C=O) groups is 2. The standard InChI is InChI=1S/C12H19N5O4/c1-16-4-5-17(12(16)19)8-10(18)13-7-11-14-9(15-21-11)3-6-20-2/h3-8H2,1-2H3,(H,13,18). The highest BCUT2D eigenvalue weighted by atomic mass is 16.5. The maximum Gasteiger partial charge on any atom is 0.320 e. The van der Waals surface area contributed by atoms with Crippen molar-refractivity contribution in [3.8, 4) is 0 Å². The highest BCUT2D eigenvalue weighted by Gasteiger charge is 2.26. The third-order valence-corrected chi connectivity index (χ3v) is 3.11. The zero-order chi connectivity index (χ0) is 15.2. The van der Waals surface area contributed by atoms with Gasteiger partial charge in [0.1, 0.15) is 6.54 Å². The Morgan fingerprint density at radius 1 is 1.48 bits per heavy atom. The molecule has 1 aliphatic heterocycles. The number of amides is 3. The molecule has 0 aliphatic carbocycles. The summed E-state index contributed by atoms with van der Waals surface area (Å²) in [6.45, 7) is 1.89. The van der Waals surface area contributed by atoms with Crippen LogP contribution in [0.25, 0.3) is 0 Å². The van der Waals surface area contributed by atoms with E-state index in [9.17, 15) is 9.59 Å². The number of hydrogen-bond acceptors (Lipinski definition) is 6. The summed E-state index contributed by atoms with van der Waals surface area (Å²) in [5, 5.41) is 6.42. The summed E-state index contributed by atoms with van der Waals surface area (Å²) in [4.78, 5) is 30.6. The fraction of sp³-hybridized carbons (Fsp3) is 0.667. The summed E-state index contributed by atoms with van der Waals surface area (Å²) in [5.74, 6) is 0.618. The van der Waals surface area contributed by atoms with Crippen molar-refractivity contribution in [1.82, 2.24) is 25.3 Å². The van der Waals surface area contributed by atoms with E-state index < -0.39 is 0 Å². The maximum atomic E-state index is 11.8. The van der Waals surface area contributed by atoms with Gasteiger partial charge in [-0.05, 0) is 0 Å². The first-order valence-electron chi connectivity index (χ1n) is 6.67. The summed E-state index contributed by atoms with van der Waals surface area (Å²) < 4.78 is 9.91. The first-order chi connectivity index (χ1) is 10.1. The smallest absolute Gasteiger partial charge is 0.320 e. The molecule has 1 aromatic rings. The van der Waals surface area contributed by atoms with Gasteiger partial charge in [-0.3, -0.25) is 4.79 Å². The van der Waals surface area contributed by atoms with Crippen molar-refractivity contribution in [2.24, 2.45) is 0 Å². The lowest BCUT2D eigenvalue weighted by atomic mass is 10.4. The van der Waals surface area contributed by atoms with Crippen LogP contribution in [-0.2, 0) is 22.5 Å². The Kier molecular flexibility index (Phi) is 5.09. The van der Waals surface area contributed by atoms with Crippen molar-refractivity contribution in [1.29, 1.82) is 0 Å². The molecule has 116 valence electrons. The van der Waals surface area contributed by atoms with Crippen LogP contribution in [0.15, 0.2) is 4.52 Å². The van der Waals surface area contributed by atoms with Crippen molar-refractivity contribution in [3.63, 3.8) is 0 Å². The minimum Gasteiger partial charge on any atom is -0.384 e. The van der Waals surface area contributed by atoms with E-state index in [1.54, 1.807) is 19.1 Å². The summed E-state index contributed by atoms with van der Waals surface area (Å²) >= 11 is 0. The van der Waals surface area contributed by atoms with Gasteiger partial charge in [0.15, 0.2) is 5.82 Å². The number of carbonyl (C=O) groups excluding carboxylic acids is 2. The molecule has 1 aliphatic rings.